The number of amides is 1. The molecule has 5 nitrogen and oxygen atoms in total. The van der Waals surface area contributed by atoms with Crippen molar-refractivity contribution in [2.24, 2.45) is 0 Å². The number of benzene rings is 3. The highest BCUT2D eigenvalue weighted by molar-refractivity contribution is 7.22. The van der Waals surface area contributed by atoms with Gasteiger partial charge in [-0.05, 0) is 41.5 Å². The van der Waals surface area contributed by atoms with Crippen LogP contribution in [0.25, 0.3) is 21.0 Å². The van der Waals surface area contributed by atoms with Crippen LogP contribution >= 0.6 is 23.7 Å². The first-order chi connectivity index (χ1) is 15.2. The molecule has 32 heavy (non-hydrogen) atoms. The van der Waals surface area contributed by atoms with Gasteiger partial charge in [-0.15, -0.1) is 12.4 Å². The van der Waals surface area contributed by atoms with Crippen LogP contribution in [0.4, 0.5) is 5.13 Å². The number of aromatic nitrogens is 1. The van der Waals surface area contributed by atoms with E-state index < -0.39 is 0 Å². The minimum absolute atomic E-state index is 0. The second kappa shape index (κ2) is 9.96. The molecule has 7 heteroatoms. The fraction of sp³-hybridized carbons (Fsp3) is 0.280. The molecule has 1 saturated heterocycles. The molecule has 1 aliphatic rings. The summed E-state index contributed by atoms with van der Waals surface area (Å²) in [6.07, 6.45) is 0. The number of para-hydroxylation sites is 1. The average Bonchev–Trinajstić information content (AvgIpc) is 3.25. The van der Waals surface area contributed by atoms with E-state index in [2.05, 4.69) is 30.0 Å². The lowest BCUT2D eigenvalue weighted by atomic mass is 10.1. The van der Waals surface area contributed by atoms with Crippen molar-refractivity contribution in [3.63, 3.8) is 0 Å². The number of nitrogens with zero attached hydrogens (tertiary/aromatic N) is 3. The zero-order valence-corrected chi connectivity index (χ0v) is 19.6. The third-order valence-electron chi connectivity index (χ3n) is 5.83. The van der Waals surface area contributed by atoms with E-state index in [9.17, 15) is 4.79 Å². The maximum atomic E-state index is 13.7. The molecule has 3 aromatic carbocycles. The number of carbonyl (C=O) groups is 1. The maximum Gasteiger partial charge on any atom is 0.260 e. The highest BCUT2D eigenvalue weighted by Gasteiger charge is 2.23. The number of thiazole rings is 1. The first-order valence-electron chi connectivity index (χ1n) is 10.7. The van der Waals surface area contributed by atoms with E-state index in [-0.39, 0.29) is 18.3 Å². The quantitative estimate of drug-likeness (QED) is 0.406. The number of hydrogen-bond donors (Lipinski definition) is 0. The number of fused-ring (bicyclic) bond motifs is 2. The number of ether oxygens (including phenoxy) is 1. The summed E-state index contributed by atoms with van der Waals surface area (Å²) in [5, 5.41) is 2.96. The molecule has 0 atom stereocenters. The summed E-state index contributed by atoms with van der Waals surface area (Å²) in [5.41, 5.74) is 2.80. The number of rotatable bonds is 5. The van der Waals surface area contributed by atoms with Crippen LogP contribution in [0.15, 0.2) is 60.7 Å². The second-order valence-electron chi connectivity index (χ2n) is 7.89. The van der Waals surface area contributed by atoms with E-state index >= 15 is 0 Å². The van der Waals surface area contributed by atoms with Crippen molar-refractivity contribution in [1.82, 2.24) is 9.88 Å². The normalized spacial score (nSPS) is 14.4. The summed E-state index contributed by atoms with van der Waals surface area (Å²) in [4.78, 5) is 22.7. The van der Waals surface area contributed by atoms with Gasteiger partial charge < -0.3 is 4.74 Å². The molecule has 0 bridgehead atoms. The van der Waals surface area contributed by atoms with E-state index in [0.717, 1.165) is 64.5 Å². The second-order valence-corrected chi connectivity index (χ2v) is 8.90. The fourth-order valence-electron chi connectivity index (χ4n) is 4.02. The molecule has 1 aliphatic heterocycles. The van der Waals surface area contributed by atoms with Gasteiger partial charge in [0.05, 0.1) is 23.4 Å². The van der Waals surface area contributed by atoms with Crippen LogP contribution in [0.5, 0.6) is 0 Å². The Hall–Kier alpha value is -2.51. The van der Waals surface area contributed by atoms with E-state index in [1.165, 1.54) is 0 Å². The molecule has 4 aromatic rings. The van der Waals surface area contributed by atoms with Crippen molar-refractivity contribution in [2.75, 3.05) is 44.3 Å². The number of hydrogen-bond acceptors (Lipinski definition) is 5. The lowest BCUT2D eigenvalue weighted by Crippen LogP contribution is -2.43. The van der Waals surface area contributed by atoms with Crippen LogP contribution in [0.1, 0.15) is 15.9 Å². The van der Waals surface area contributed by atoms with Gasteiger partial charge >= 0.3 is 0 Å². The summed E-state index contributed by atoms with van der Waals surface area (Å²) in [5.74, 6) is -0.00396. The molecule has 0 saturated carbocycles. The van der Waals surface area contributed by atoms with Crippen molar-refractivity contribution in [3.05, 3.63) is 71.8 Å². The Balaban J connectivity index is 0.00000245. The Morgan fingerprint density at radius 3 is 2.62 bits per heavy atom. The molecular weight excluding hydrogens is 442 g/mol. The van der Waals surface area contributed by atoms with Gasteiger partial charge in [-0.25, -0.2) is 4.98 Å². The van der Waals surface area contributed by atoms with Crippen LogP contribution in [0.3, 0.4) is 0 Å². The van der Waals surface area contributed by atoms with Gasteiger partial charge in [-0.3, -0.25) is 14.6 Å². The fourth-order valence-corrected chi connectivity index (χ4v) is 5.09. The van der Waals surface area contributed by atoms with Crippen molar-refractivity contribution in [1.29, 1.82) is 0 Å². The third-order valence-corrected chi connectivity index (χ3v) is 6.87. The largest absolute Gasteiger partial charge is 0.379 e. The predicted octanol–water partition coefficient (Wildman–Crippen LogP) is 5.16. The van der Waals surface area contributed by atoms with Gasteiger partial charge in [0.25, 0.3) is 5.91 Å². The zero-order valence-electron chi connectivity index (χ0n) is 18.0. The highest BCUT2D eigenvalue weighted by atomic mass is 35.5. The molecule has 2 heterocycles. The molecule has 0 spiro atoms. The smallest absolute Gasteiger partial charge is 0.260 e. The van der Waals surface area contributed by atoms with Gasteiger partial charge in [-0.1, -0.05) is 53.8 Å². The minimum atomic E-state index is -0.00396. The Labute approximate surface area is 198 Å². The van der Waals surface area contributed by atoms with Gasteiger partial charge in [0.1, 0.15) is 0 Å². The van der Waals surface area contributed by atoms with Crippen LogP contribution in [-0.4, -0.2) is 55.2 Å². The van der Waals surface area contributed by atoms with E-state index in [1.807, 2.05) is 47.4 Å². The summed E-state index contributed by atoms with van der Waals surface area (Å²) < 4.78 is 6.58. The molecule has 0 N–H and O–H groups in total. The molecule has 1 fully saturated rings. The molecular formula is C25H26ClN3O2S. The molecule has 166 valence electrons. The van der Waals surface area contributed by atoms with Gasteiger partial charge in [0, 0.05) is 31.7 Å². The maximum absolute atomic E-state index is 13.7. The SMILES string of the molecule is Cc1cccc2sc(N(CCN3CCOCC3)C(=O)c3ccc4ccccc4c3)nc12.Cl. The van der Waals surface area contributed by atoms with Crippen LogP contribution in [0, 0.1) is 6.92 Å². The lowest BCUT2D eigenvalue weighted by Gasteiger charge is -2.29. The number of morpholine rings is 1. The van der Waals surface area contributed by atoms with Gasteiger partial charge in [0.2, 0.25) is 0 Å². The highest BCUT2D eigenvalue weighted by Crippen LogP contribution is 2.31. The van der Waals surface area contributed by atoms with E-state index in [4.69, 9.17) is 9.72 Å². The predicted molar refractivity (Wildman–Crippen MR) is 134 cm³/mol. The minimum Gasteiger partial charge on any atom is -0.379 e. The summed E-state index contributed by atoms with van der Waals surface area (Å²) >= 11 is 1.58. The van der Waals surface area contributed by atoms with Crippen molar-refractivity contribution in [2.45, 2.75) is 6.92 Å². The first kappa shape index (κ1) is 22.7. The van der Waals surface area contributed by atoms with Gasteiger partial charge in [0.15, 0.2) is 5.13 Å². The van der Waals surface area contributed by atoms with Crippen LogP contribution in [-0.2, 0) is 4.74 Å². The Bertz CT molecular complexity index is 1240. The van der Waals surface area contributed by atoms with E-state index in [0.29, 0.717) is 12.1 Å². The average molecular weight is 468 g/mol. The Kier molecular flexibility index (Phi) is 7.06. The third kappa shape index (κ3) is 4.64. The molecule has 1 amide bonds. The zero-order chi connectivity index (χ0) is 21.2. The Morgan fingerprint density at radius 2 is 1.84 bits per heavy atom. The number of carbonyl (C=O) groups excluding carboxylic acids is 1. The van der Waals surface area contributed by atoms with Crippen LogP contribution < -0.4 is 4.90 Å². The van der Waals surface area contributed by atoms with Gasteiger partial charge in [-0.2, -0.15) is 0 Å². The molecule has 1 aromatic heterocycles. The number of aryl methyl sites for hydroxylation is 1. The molecule has 0 aliphatic carbocycles. The molecule has 0 radical (unpaired) electrons. The number of anilines is 1. The Morgan fingerprint density at radius 1 is 1.06 bits per heavy atom. The summed E-state index contributed by atoms with van der Waals surface area (Å²) in [6.45, 7) is 6.77. The monoisotopic (exact) mass is 467 g/mol. The molecule has 0 unspecified atom stereocenters. The van der Waals surface area contributed by atoms with E-state index in [1.54, 1.807) is 11.3 Å². The summed E-state index contributed by atoms with van der Waals surface area (Å²) in [6, 6.07) is 20.2. The number of halogens is 1. The first-order valence-corrected chi connectivity index (χ1v) is 11.5. The summed E-state index contributed by atoms with van der Waals surface area (Å²) in [7, 11) is 0. The molecule has 5 rings (SSSR count). The van der Waals surface area contributed by atoms with Crippen molar-refractivity contribution >= 4 is 55.8 Å². The van der Waals surface area contributed by atoms with Crippen molar-refractivity contribution in [3.8, 4) is 0 Å². The topological polar surface area (TPSA) is 45.7 Å². The lowest BCUT2D eigenvalue weighted by molar-refractivity contribution is 0.0391. The van der Waals surface area contributed by atoms with Crippen molar-refractivity contribution < 1.29 is 9.53 Å². The van der Waals surface area contributed by atoms with Crippen LogP contribution in [0.2, 0.25) is 0 Å². The standard InChI is InChI=1S/C25H25N3O2S.ClH/c1-18-5-4-8-22-23(18)26-25(31-22)28(12-11-27-13-15-30-16-14-27)24(29)21-10-9-19-6-2-3-7-20(19)17-21;/h2-10,17H,11-16H2,1H3;1H.